The van der Waals surface area contributed by atoms with Crippen LogP contribution in [0.3, 0.4) is 0 Å². The molecule has 21 heavy (non-hydrogen) atoms. The first-order valence-corrected chi connectivity index (χ1v) is 8.02. The van der Waals surface area contributed by atoms with E-state index in [2.05, 4.69) is 11.4 Å². The van der Waals surface area contributed by atoms with E-state index in [0.717, 1.165) is 42.3 Å². The lowest BCUT2D eigenvalue weighted by molar-refractivity contribution is 0.610. The third-order valence-corrected chi connectivity index (χ3v) is 4.65. The van der Waals surface area contributed by atoms with Crippen molar-refractivity contribution in [2.45, 2.75) is 38.1 Å². The van der Waals surface area contributed by atoms with E-state index < -0.39 is 0 Å². The van der Waals surface area contributed by atoms with Crippen LogP contribution in [0.25, 0.3) is 0 Å². The molecular formula is C17H18ClN3. The summed E-state index contributed by atoms with van der Waals surface area (Å²) in [4.78, 5) is 9.69. The molecule has 2 heterocycles. The molecule has 0 unspecified atom stereocenters. The van der Waals surface area contributed by atoms with Gasteiger partial charge in [0.1, 0.15) is 5.82 Å². The third-order valence-electron chi connectivity index (χ3n) is 4.28. The van der Waals surface area contributed by atoms with E-state index in [9.17, 15) is 0 Å². The summed E-state index contributed by atoms with van der Waals surface area (Å²) in [7, 11) is 0. The summed E-state index contributed by atoms with van der Waals surface area (Å²) in [6, 6.07) is 7.97. The molecule has 2 aliphatic rings. The molecule has 108 valence electrons. The van der Waals surface area contributed by atoms with E-state index in [0.29, 0.717) is 5.92 Å². The Labute approximate surface area is 129 Å². The molecule has 1 aliphatic heterocycles. The Bertz CT molecular complexity index is 680. The van der Waals surface area contributed by atoms with Crippen LogP contribution in [0.5, 0.6) is 0 Å². The number of nitrogens with one attached hydrogen (secondary N) is 1. The van der Waals surface area contributed by atoms with Gasteiger partial charge in [-0.05, 0) is 24.5 Å². The van der Waals surface area contributed by atoms with Gasteiger partial charge in [-0.2, -0.15) is 0 Å². The highest BCUT2D eigenvalue weighted by atomic mass is 35.5. The Morgan fingerprint density at radius 2 is 2.05 bits per heavy atom. The first-order valence-electron chi connectivity index (χ1n) is 7.64. The molecule has 1 aromatic heterocycles. The van der Waals surface area contributed by atoms with Crippen molar-refractivity contribution in [1.29, 1.82) is 0 Å². The number of hydrogen-bond donors (Lipinski definition) is 1. The van der Waals surface area contributed by atoms with Crippen LogP contribution in [0.2, 0.25) is 5.02 Å². The summed E-state index contributed by atoms with van der Waals surface area (Å²) in [6.07, 6.45) is 4.27. The van der Waals surface area contributed by atoms with E-state index in [1.165, 1.54) is 29.8 Å². The SMILES string of the molecule is Clc1ccccc1Cc1nc2c(c(C3CC3)n1)CNCC2. The van der Waals surface area contributed by atoms with Gasteiger partial charge in [0.25, 0.3) is 0 Å². The lowest BCUT2D eigenvalue weighted by Crippen LogP contribution is -2.27. The Morgan fingerprint density at radius 1 is 1.19 bits per heavy atom. The zero-order chi connectivity index (χ0) is 14.2. The number of nitrogens with zero attached hydrogens (tertiary/aromatic N) is 2. The van der Waals surface area contributed by atoms with Gasteiger partial charge in [-0.3, -0.25) is 0 Å². The van der Waals surface area contributed by atoms with Crippen LogP contribution >= 0.6 is 11.6 Å². The Balaban J connectivity index is 1.72. The van der Waals surface area contributed by atoms with Crippen molar-refractivity contribution < 1.29 is 0 Å². The number of hydrogen-bond acceptors (Lipinski definition) is 3. The first kappa shape index (κ1) is 13.2. The molecule has 1 saturated carbocycles. The zero-order valence-corrected chi connectivity index (χ0v) is 12.7. The fourth-order valence-electron chi connectivity index (χ4n) is 3.01. The van der Waals surface area contributed by atoms with Crippen LogP contribution in [0.15, 0.2) is 24.3 Å². The second-order valence-corrected chi connectivity index (χ2v) is 6.33. The minimum absolute atomic E-state index is 0.659. The van der Waals surface area contributed by atoms with Crippen LogP contribution in [-0.4, -0.2) is 16.5 Å². The van der Waals surface area contributed by atoms with Gasteiger partial charge in [-0.15, -0.1) is 0 Å². The maximum absolute atomic E-state index is 6.27. The molecule has 0 bridgehead atoms. The van der Waals surface area contributed by atoms with Crippen LogP contribution in [-0.2, 0) is 19.4 Å². The first-order chi connectivity index (χ1) is 10.3. The van der Waals surface area contributed by atoms with Gasteiger partial charge >= 0.3 is 0 Å². The van der Waals surface area contributed by atoms with Gasteiger partial charge in [0.15, 0.2) is 0 Å². The Morgan fingerprint density at radius 3 is 2.86 bits per heavy atom. The number of fused-ring (bicyclic) bond motifs is 1. The summed E-state index contributed by atoms with van der Waals surface area (Å²) in [5.74, 6) is 1.58. The average molecular weight is 300 g/mol. The van der Waals surface area contributed by atoms with E-state index in [1.54, 1.807) is 0 Å². The maximum Gasteiger partial charge on any atom is 0.133 e. The number of aromatic nitrogens is 2. The summed E-state index contributed by atoms with van der Waals surface area (Å²) in [6.45, 7) is 1.94. The molecule has 0 atom stereocenters. The standard InChI is InChI=1S/C17H18ClN3/c18-14-4-2-1-3-12(14)9-16-20-15-7-8-19-10-13(15)17(21-16)11-5-6-11/h1-4,11,19H,5-10H2. The lowest BCUT2D eigenvalue weighted by atomic mass is 10.0. The van der Waals surface area contributed by atoms with Gasteiger partial charge in [0.2, 0.25) is 0 Å². The molecule has 2 aromatic rings. The fraction of sp³-hybridized carbons (Fsp3) is 0.412. The summed E-state index contributed by atoms with van der Waals surface area (Å²) >= 11 is 6.27. The molecular weight excluding hydrogens is 282 g/mol. The molecule has 0 radical (unpaired) electrons. The topological polar surface area (TPSA) is 37.8 Å². The smallest absolute Gasteiger partial charge is 0.133 e. The molecule has 1 N–H and O–H groups in total. The quantitative estimate of drug-likeness (QED) is 0.945. The molecule has 4 heteroatoms. The van der Waals surface area contributed by atoms with Crippen molar-refractivity contribution in [3.8, 4) is 0 Å². The Kier molecular flexibility index (Phi) is 3.40. The second-order valence-electron chi connectivity index (χ2n) is 5.92. The van der Waals surface area contributed by atoms with Gasteiger partial charge in [-0.25, -0.2) is 9.97 Å². The van der Waals surface area contributed by atoms with Crippen molar-refractivity contribution >= 4 is 11.6 Å². The lowest BCUT2D eigenvalue weighted by Gasteiger charge is -2.20. The molecule has 3 nitrogen and oxygen atoms in total. The van der Waals surface area contributed by atoms with Gasteiger partial charge in [-0.1, -0.05) is 29.8 Å². The number of halogens is 1. The zero-order valence-electron chi connectivity index (χ0n) is 11.9. The molecule has 1 aromatic carbocycles. The predicted molar refractivity (Wildman–Crippen MR) is 83.7 cm³/mol. The highest BCUT2D eigenvalue weighted by molar-refractivity contribution is 6.31. The molecule has 4 rings (SSSR count). The number of rotatable bonds is 3. The average Bonchev–Trinajstić information content (AvgIpc) is 3.33. The van der Waals surface area contributed by atoms with Crippen LogP contribution < -0.4 is 5.32 Å². The van der Waals surface area contributed by atoms with E-state index in [1.807, 2.05) is 18.2 Å². The monoisotopic (exact) mass is 299 g/mol. The maximum atomic E-state index is 6.27. The molecule has 0 saturated heterocycles. The fourth-order valence-corrected chi connectivity index (χ4v) is 3.21. The van der Waals surface area contributed by atoms with Crippen LogP contribution in [0.4, 0.5) is 0 Å². The highest BCUT2D eigenvalue weighted by Gasteiger charge is 2.30. The Hall–Kier alpha value is -1.45. The van der Waals surface area contributed by atoms with Gasteiger partial charge in [0, 0.05) is 42.4 Å². The highest BCUT2D eigenvalue weighted by Crippen LogP contribution is 2.41. The second kappa shape index (κ2) is 5.39. The largest absolute Gasteiger partial charge is 0.312 e. The van der Waals surface area contributed by atoms with E-state index in [4.69, 9.17) is 21.6 Å². The van der Waals surface area contributed by atoms with Crippen molar-refractivity contribution in [2.24, 2.45) is 0 Å². The minimum Gasteiger partial charge on any atom is -0.312 e. The molecule has 0 amide bonds. The summed E-state index contributed by atoms with van der Waals surface area (Å²) in [5.41, 5.74) is 4.99. The van der Waals surface area contributed by atoms with E-state index in [-0.39, 0.29) is 0 Å². The molecule has 1 aliphatic carbocycles. The summed E-state index contributed by atoms with van der Waals surface area (Å²) < 4.78 is 0. The van der Waals surface area contributed by atoms with Crippen molar-refractivity contribution in [1.82, 2.24) is 15.3 Å². The minimum atomic E-state index is 0.659. The summed E-state index contributed by atoms with van der Waals surface area (Å²) in [5, 5.41) is 4.24. The van der Waals surface area contributed by atoms with Gasteiger partial charge < -0.3 is 5.32 Å². The molecule has 1 fully saturated rings. The van der Waals surface area contributed by atoms with Gasteiger partial charge in [0.05, 0.1) is 11.4 Å². The van der Waals surface area contributed by atoms with Crippen LogP contribution in [0.1, 0.15) is 47.1 Å². The normalized spacial score (nSPS) is 17.6. The number of benzene rings is 1. The van der Waals surface area contributed by atoms with E-state index >= 15 is 0 Å². The predicted octanol–water partition coefficient (Wildman–Crippen LogP) is 3.24. The van der Waals surface area contributed by atoms with Crippen molar-refractivity contribution in [2.75, 3.05) is 6.54 Å². The van der Waals surface area contributed by atoms with Crippen molar-refractivity contribution in [3.63, 3.8) is 0 Å². The molecule has 0 spiro atoms. The van der Waals surface area contributed by atoms with Crippen LogP contribution in [0, 0.1) is 0 Å². The third kappa shape index (κ3) is 2.68. The van der Waals surface area contributed by atoms with Crippen molar-refractivity contribution in [3.05, 3.63) is 57.6 Å².